The van der Waals surface area contributed by atoms with Crippen molar-refractivity contribution in [3.05, 3.63) is 47.3 Å². The van der Waals surface area contributed by atoms with Crippen molar-refractivity contribution in [2.75, 3.05) is 13.1 Å². The van der Waals surface area contributed by atoms with Gasteiger partial charge in [-0.15, -0.1) is 5.10 Å². The van der Waals surface area contributed by atoms with E-state index in [0.29, 0.717) is 26.1 Å². The van der Waals surface area contributed by atoms with Gasteiger partial charge in [-0.2, -0.15) is 13.2 Å². The molecule has 1 saturated heterocycles. The maximum absolute atomic E-state index is 12.8. The number of nitrogens with zero attached hydrogens (tertiary/aromatic N) is 4. The summed E-state index contributed by atoms with van der Waals surface area (Å²) >= 11 is 0. The minimum atomic E-state index is -4.47. The lowest BCUT2D eigenvalue weighted by atomic mass is 9.99. The van der Waals surface area contributed by atoms with E-state index in [9.17, 15) is 18.0 Å². The van der Waals surface area contributed by atoms with Gasteiger partial charge in [-0.05, 0) is 24.6 Å². The molecule has 1 aromatic carbocycles. The molecule has 1 aromatic heterocycles. The highest BCUT2D eigenvalue weighted by Crippen LogP contribution is 2.32. The molecule has 0 bridgehead atoms. The van der Waals surface area contributed by atoms with E-state index in [4.69, 9.17) is 4.74 Å². The van der Waals surface area contributed by atoms with E-state index >= 15 is 0 Å². The fraction of sp³-hybridized carbons (Fsp3) is 0.438. The molecular formula is C16H15F3N4O2. The number of rotatable bonds is 1. The van der Waals surface area contributed by atoms with Crippen molar-refractivity contribution in [1.29, 1.82) is 0 Å². The molecule has 0 saturated carbocycles. The number of carbonyl (C=O) groups is 1. The van der Waals surface area contributed by atoms with Crippen LogP contribution in [0.25, 0.3) is 0 Å². The first-order chi connectivity index (χ1) is 11.9. The number of carbonyl (C=O) groups excluding carboxylic acids is 1. The predicted octanol–water partition coefficient (Wildman–Crippen LogP) is 2.28. The van der Waals surface area contributed by atoms with Crippen LogP contribution in [0.2, 0.25) is 0 Å². The Kier molecular flexibility index (Phi) is 3.75. The Hall–Kier alpha value is -2.42. The summed E-state index contributed by atoms with van der Waals surface area (Å²) < 4.78 is 46.1. The van der Waals surface area contributed by atoms with Crippen molar-refractivity contribution in [3.8, 4) is 0 Å². The first kappa shape index (κ1) is 16.1. The third kappa shape index (κ3) is 2.88. The van der Waals surface area contributed by atoms with Crippen molar-refractivity contribution < 1.29 is 22.7 Å². The van der Waals surface area contributed by atoms with E-state index in [0.717, 1.165) is 17.8 Å². The topological polar surface area (TPSA) is 60.3 Å². The van der Waals surface area contributed by atoms with Gasteiger partial charge < -0.3 is 9.64 Å². The van der Waals surface area contributed by atoms with E-state index in [1.54, 1.807) is 11.1 Å². The fourth-order valence-corrected chi connectivity index (χ4v) is 3.38. The maximum Gasteiger partial charge on any atom is 0.416 e. The van der Waals surface area contributed by atoms with Gasteiger partial charge in [-0.1, -0.05) is 11.3 Å². The molecule has 2 aliphatic heterocycles. The zero-order chi connectivity index (χ0) is 17.6. The average molecular weight is 352 g/mol. The summed E-state index contributed by atoms with van der Waals surface area (Å²) in [5.41, 5.74) is 0.0962. The van der Waals surface area contributed by atoms with Gasteiger partial charge in [0.05, 0.1) is 36.2 Å². The summed E-state index contributed by atoms with van der Waals surface area (Å²) in [6.45, 7) is 1.11. The van der Waals surface area contributed by atoms with Crippen LogP contribution < -0.4 is 0 Å². The number of piperidine rings is 1. The number of halogens is 3. The average Bonchev–Trinajstić information content (AvgIpc) is 3.09. The van der Waals surface area contributed by atoms with E-state index in [2.05, 4.69) is 10.3 Å². The van der Waals surface area contributed by atoms with Crippen LogP contribution in [-0.2, 0) is 17.5 Å². The number of amides is 1. The zero-order valence-corrected chi connectivity index (χ0v) is 13.1. The Morgan fingerprint density at radius 1 is 1.32 bits per heavy atom. The third-order valence-corrected chi connectivity index (χ3v) is 4.66. The Morgan fingerprint density at radius 2 is 2.16 bits per heavy atom. The van der Waals surface area contributed by atoms with Crippen molar-refractivity contribution in [3.63, 3.8) is 0 Å². The largest absolute Gasteiger partial charge is 0.416 e. The Bertz CT molecular complexity index is 805. The molecule has 0 N–H and O–H groups in total. The second-order valence-electron chi connectivity index (χ2n) is 6.21. The molecule has 1 amide bonds. The van der Waals surface area contributed by atoms with E-state index in [1.807, 2.05) is 4.68 Å². The number of benzene rings is 1. The predicted molar refractivity (Wildman–Crippen MR) is 79.6 cm³/mol. The van der Waals surface area contributed by atoms with Gasteiger partial charge in [0.2, 0.25) is 0 Å². The number of hydrogen-bond donors (Lipinski definition) is 0. The standard InChI is InChI=1S/C16H15F3N4O2/c17-16(18,19)11-3-1-2-10(6-11)15(24)22-5-4-13-14(8-22)25-9-12-7-20-21-23(12)13/h1-3,6-7,13-14H,4-5,8-9H2/t13-,14-/m0/s1. The summed E-state index contributed by atoms with van der Waals surface area (Å²) in [5, 5.41) is 7.94. The smallest absolute Gasteiger partial charge is 0.368 e. The van der Waals surface area contributed by atoms with E-state index in [1.165, 1.54) is 12.1 Å². The van der Waals surface area contributed by atoms with E-state index < -0.39 is 17.6 Å². The molecule has 3 heterocycles. The minimum absolute atomic E-state index is 0.00295. The van der Waals surface area contributed by atoms with Crippen LogP contribution in [0.4, 0.5) is 13.2 Å². The molecule has 4 rings (SSSR count). The second-order valence-corrected chi connectivity index (χ2v) is 6.21. The maximum atomic E-state index is 12.8. The van der Waals surface area contributed by atoms with Crippen LogP contribution in [0.1, 0.15) is 34.1 Å². The molecule has 0 radical (unpaired) electrons. The summed E-state index contributed by atoms with van der Waals surface area (Å²) in [6.07, 6.45) is -2.45. The lowest BCUT2D eigenvalue weighted by Crippen LogP contribution is -2.50. The van der Waals surface area contributed by atoms with E-state index in [-0.39, 0.29) is 17.7 Å². The van der Waals surface area contributed by atoms with Gasteiger partial charge in [0.25, 0.3) is 5.91 Å². The second kappa shape index (κ2) is 5.83. The quantitative estimate of drug-likeness (QED) is 0.790. The summed E-state index contributed by atoms with van der Waals surface area (Å²) in [4.78, 5) is 14.2. The zero-order valence-electron chi connectivity index (χ0n) is 13.1. The molecule has 25 heavy (non-hydrogen) atoms. The fourth-order valence-electron chi connectivity index (χ4n) is 3.38. The molecule has 1 fully saturated rings. The highest BCUT2D eigenvalue weighted by Gasteiger charge is 2.38. The van der Waals surface area contributed by atoms with Crippen molar-refractivity contribution in [1.82, 2.24) is 19.9 Å². The van der Waals surface area contributed by atoms with Gasteiger partial charge in [-0.25, -0.2) is 4.68 Å². The molecular weight excluding hydrogens is 337 g/mol. The monoisotopic (exact) mass is 352 g/mol. The Balaban J connectivity index is 1.52. The van der Waals surface area contributed by atoms with Crippen LogP contribution in [-0.4, -0.2) is 45.0 Å². The van der Waals surface area contributed by atoms with Crippen molar-refractivity contribution >= 4 is 5.91 Å². The molecule has 6 nitrogen and oxygen atoms in total. The molecule has 0 aliphatic carbocycles. The molecule has 0 spiro atoms. The van der Waals surface area contributed by atoms with Crippen LogP contribution in [0, 0.1) is 0 Å². The number of ether oxygens (including phenoxy) is 1. The summed E-state index contributed by atoms with van der Waals surface area (Å²) in [6, 6.07) is 4.50. The van der Waals surface area contributed by atoms with Crippen LogP contribution in [0.3, 0.4) is 0 Å². The summed E-state index contributed by atoms with van der Waals surface area (Å²) in [5.74, 6) is -0.419. The number of alkyl halides is 3. The molecule has 2 aromatic rings. The Labute approximate surface area is 141 Å². The molecule has 2 aliphatic rings. The number of hydrogen-bond acceptors (Lipinski definition) is 4. The van der Waals surface area contributed by atoms with Crippen molar-refractivity contribution in [2.45, 2.75) is 31.3 Å². The van der Waals surface area contributed by atoms with Crippen LogP contribution in [0.15, 0.2) is 30.5 Å². The lowest BCUT2D eigenvalue weighted by molar-refractivity contribution is -0.137. The molecule has 2 atom stereocenters. The lowest BCUT2D eigenvalue weighted by Gasteiger charge is -2.41. The van der Waals surface area contributed by atoms with Crippen LogP contribution in [0.5, 0.6) is 0 Å². The van der Waals surface area contributed by atoms with Crippen molar-refractivity contribution in [2.24, 2.45) is 0 Å². The number of fused-ring (bicyclic) bond motifs is 3. The Morgan fingerprint density at radius 3 is 2.96 bits per heavy atom. The molecule has 0 unspecified atom stereocenters. The van der Waals surface area contributed by atoms with Gasteiger partial charge >= 0.3 is 6.18 Å². The highest BCUT2D eigenvalue weighted by molar-refractivity contribution is 5.94. The normalized spacial score (nSPS) is 23.1. The summed E-state index contributed by atoms with van der Waals surface area (Å²) in [7, 11) is 0. The first-order valence-electron chi connectivity index (χ1n) is 7.90. The van der Waals surface area contributed by atoms with Gasteiger partial charge in [-0.3, -0.25) is 4.79 Å². The SMILES string of the molecule is O=C(c1cccc(C(F)(F)F)c1)N1CC[C@H]2[C@H](C1)OCc1cnnn12. The molecule has 9 heteroatoms. The highest BCUT2D eigenvalue weighted by atomic mass is 19.4. The number of likely N-dealkylation sites (tertiary alicyclic amines) is 1. The van der Waals surface area contributed by atoms with Gasteiger partial charge in [0.15, 0.2) is 0 Å². The van der Waals surface area contributed by atoms with Crippen LogP contribution >= 0.6 is 0 Å². The minimum Gasteiger partial charge on any atom is -0.368 e. The van der Waals surface area contributed by atoms with Gasteiger partial charge in [0.1, 0.15) is 0 Å². The molecule has 132 valence electrons. The van der Waals surface area contributed by atoms with Gasteiger partial charge in [0, 0.05) is 18.7 Å². The first-order valence-corrected chi connectivity index (χ1v) is 7.90. The third-order valence-electron chi connectivity index (χ3n) is 4.66. The number of aromatic nitrogens is 3.